The molecule has 1 fully saturated rings. The summed E-state index contributed by atoms with van der Waals surface area (Å²) >= 11 is 0. The van der Waals surface area contributed by atoms with Crippen LogP contribution in [0.25, 0.3) is 0 Å². The summed E-state index contributed by atoms with van der Waals surface area (Å²) in [6.07, 6.45) is 0.222. The van der Waals surface area contributed by atoms with Crippen LogP contribution in [0.4, 0.5) is 10.1 Å². The highest BCUT2D eigenvalue weighted by molar-refractivity contribution is 6.21. The Morgan fingerprint density at radius 2 is 1.72 bits per heavy atom. The Labute approximate surface area is 106 Å². The van der Waals surface area contributed by atoms with E-state index in [0.29, 0.717) is 5.69 Å². The van der Waals surface area contributed by atoms with Crippen LogP contribution in [0.15, 0.2) is 24.3 Å². The molecule has 0 aromatic heterocycles. The first kappa shape index (κ1) is 12.7. The van der Waals surface area contributed by atoms with Gasteiger partial charge >= 0.3 is 0 Å². The molecule has 2 amide bonds. The molecular formula is C14H16FNO2. The van der Waals surface area contributed by atoms with E-state index >= 15 is 0 Å². The van der Waals surface area contributed by atoms with Gasteiger partial charge in [-0.15, -0.1) is 0 Å². The minimum absolute atomic E-state index is 0.195. The number of rotatable bonds is 1. The van der Waals surface area contributed by atoms with Crippen molar-refractivity contribution in [2.45, 2.75) is 27.2 Å². The predicted molar refractivity (Wildman–Crippen MR) is 66.5 cm³/mol. The van der Waals surface area contributed by atoms with E-state index < -0.39 is 0 Å². The molecule has 1 atom stereocenters. The number of anilines is 1. The summed E-state index contributed by atoms with van der Waals surface area (Å²) in [5.41, 5.74) is 0.194. The van der Waals surface area contributed by atoms with E-state index in [0.717, 1.165) is 4.90 Å². The van der Waals surface area contributed by atoms with Crippen molar-refractivity contribution in [1.29, 1.82) is 0 Å². The van der Waals surface area contributed by atoms with Crippen molar-refractivity contribution in [3.8, 4) is 0 Å². The van der Waals surface area contributed by atoms with Gasteiger partial charge in [-0.3, -0.25) is 14.5 Å². The van der Waals surface area contributed by atoms with Crippen LogP contribution in [0, 0.1) is 17.2 Å². The Kier molecular flexibility index (Phi) is 2.97. The molecule has 0 aliphatic carbocycles. The molecule has 1 saturated heterocycles. The molecule has 1 aromatic rings. The van der Waals surface area contributed by atoms with Crippen LogP contribution < -0.4 is 4.90 Å². The minimum atomic E-state index is -0.384. The highest BCUT2D eigenvalue weighted by atomic mass is 18.2. The molecule has 0 spiro atoms. The van der Waals surface area contributed by atoms with Crippen LogP contribution in [0.5, 0.6) is 0 Å². The fourth-order valence-corrected chi connectivity index (χ4v) is 2.17. The standard InChI is InChI=1S/C14H16FNO2/c1-14(2,3)11-8-12(17)16(13(11)18)10-6-4-9(15)5-7-10/h4-7,11H,8H2,1-3H3/i15-1. The summed E-state index contributed by atoms with van der Waals surface area (Å²) in [5, 5.41) is 0. The molecule has 18 heavy (non-hydrogen) atoms. The van der Waals surface area contributed by atoms with Crippen molar-refractivity contribution < 1.29 is 14.0 Å². The maximum Gasteiger partial charge on any atom is 0.237 e. The van der Waals surface area contributed by atoms with Gasteiger partial charge in [-0.05, 0) is 29.7 Å². The molecule has 1 heterocycles. The molecule has 2 rings (SSSR count). The summed E-state index contributed by atoms with van der Waals surface area (Å²) in [7, 11) is 0. The van der Waals surface area contributed by atoms with E-state index in [1.807, 2.05) is 20.8 Å². The first-order valence-corrected chi connectivity index (χ1v) is 5.93. The number of hydrogen-bond donors (Lipinski definition) is 0. The maximum atomic E-state index is 12.8. The molecule has 1 aliphatic heterocycles. The van der Waals surface area contributed by atoms with Crippen LogP contribution in [0.2, 0.25) is 0 Å². The van der Waals surface area contributed by atoms with Crippen LogP contribution in [0.1, 0.15) is 27.2 Å². The molecular weight excluding hydrogens is 232 g/mol. The van der Waals surface area contributed by atoms with E-state index in [-0.39, 0.29) is 35.4 Å². The van der Waals surface area contributed by atoms with Gasteiger partial charge in [0, 0.05) is 6.42 Å². The summed E-state index contributed by atoms with van der Waals surface area (Å²) in [6.45, 7) is 5.82. The van der Waals surface area contributed by atoms with E-state index in [1.165, 1.54) is 24.3 Å². The third-order valence-electron chi connectivity index (χ3n) is 3.28. The van der Waals surface area contributed by atoms with E-state index in [4.69, 9.17) is 0 Å². The summed E-state index contributed by atoms with van der Waals surface area (Å²) in [4.78, 5) is 25.4. The number of hydrogen-bond acceptors (Lipinski definition) is 2. The Morgan fingerprint density at radius 3 is 2.17 bits per heavy atom. The second-order valence-corrected chi connectivity index (χ2v) is 5.67. The number of benzene rings is 1. The second kappa shape index (κ2) is 4.19. The number of nitrogens with zero attached hydrogens (tertiary/aromatic N) is 1. The molecule has 3 nitrogen and oxygen atoms in total. The third kappa shape index (κ3) is 2.15. The van der Waals surface area contributed by atoms with Gasteiger partial charge in [0.25, 0.3) is 0 Å². The normalized spacial score (nSPS) is 20.7. The predicted octanol–water partition coefficient (Wildman–Crippen LogP) is 2.75. The average Bonchev–Trinajstić information content (AvgIpc) is 2.56. The van der Waals surface area contributed by atoms with Crippen LogP contribution in [-0.2, 0) is 9.59 Å². The maximum absolute atomic E-state index is 12.8. The van der Waals surface area contributed by atoms with Crippen LogP contribution in [0.3, 0.4) is 0 Å². The zero-order valence-corrected chi connectivity index (χ0v) is 10.7. The average molecular weight is 248 g/mol. The molecule has 1 unspecified atom stereocenters. The molecule has 0 radical (unpaired) electrons. The van der Waals surface area contributed by atoms with Gasteiger partial charge < -0.3 is 0 Å². The topological polar surface area (TPSA) is 37.4 Å². The SMILES string of the molecule is CC(C)(C)C1CC(=O)N(c2ccc([18F])cc2)C1=O. The third-order valence-corrected chi connectivity index (χ3v) is 3.28. The zero-order valence-electron chi connectivity index (χ0n) is 10.7. The number of imide groups is 1. The highest BCUT2D eigenvalue weighted by Gasteiger charge is 2.45. The number of carbonyl (C=O) groups excluding carboxylic acids is 2. The lowest BCUT2D eigenvalue weighted by Crippen LogP contribution is -2.33. The lowest BCUT2D eigenvalue weighted by atomic mass is 9.80. The van der Waals surface area contributed by atoms with E-state index in [2.05, 4.69) is 0 Å². The van der Waals surface area contributed by atoms with Gasteiger partial charge in [-0.25, -0.2) is 4.39 Å². The Morgan fingerprint density at radius 1 is 1.17 bits per heavy atom. The largest absolute Gasteiger partial charge is 0.274 e. The molecule has 1 aliphatic rings. The number of halogens is 1. The first-order valence-electron chi connectivity index (χ1n) is 5.93. The molecule has 0 bridgehead atoms. The molecule has 1 aromatic carbocycles. The Balaban J connectivity index is 2.33. The summed E-state index contributed by atoms with van der Waals surface area (Å²) in [5.74, 6) is -1.11. The molecule has 4 heteroatoms. The van der Waals surface area contributed by atoms with Crippen molar-refractivity contribution in [2.24, 2.45) is 11.3 Å². The van der Waals surface area contributed by atoms with Crippen molar-refractivity contribution >= 4 is 17.5 Å². The fraction of sp³-hybridized carbons (Fsp3) is 0.429. The van der Waals surface area contributed by atoms with Gasteiger partial charge in [0.1, 0.15) is 5.82 Å². The van der Waals surface area contributed by atoms with Crippen molar-refractivity contribution in [3.05, 3.63) is 30.1 Å². The monoisotopic (exact) mass is 248 g/mol. The van der Waals surface area contributed by atoms with E-state index in [9.17, 15) is 14.0 Å². The van der Waals surface area contributed by atoms with Crippen molar-refractivity contribution in [1.82, 2.24) is 0 Å². The summed E-state index contributed by atoms with van der Waals surface area (Å²) in [6, 6.07) is 5.41. The van der Waals surface area contributed by atoms with Gasteiger partial charge in [0.2, 0.25) is 11.8 Å². The van der Waals surface area contributed by atoms with E-state index in [1.54, 1.807) is 0 Å². The minimum Gasteiger partial charge on any atom is -0.274 e. The van der Waals surface area contributed by atoms with Crippen molar-refractivity contribution in [2.75, 3.05) is 4.90 Å². The van der Waals surface area contributed by atoms with Crippen molar-refractivity contribution in [3.63, 3.8) is 0 Å². The van der Waals surface area contributed by atoms with Crippen LogP contribution in [-0.4, -0.2) is 11.8 Å². The number of carbonyl (C=O) groups is 2. The number of amides is 2. The molecule has 96 valence electrons. The molecule has 0 N–H and O–H groups in total. The van der Waals surface area contributed by atoms with Crippen LogP contribution >= 0.6 is 0 Å². The first-order chi connectivity index (χ1) is 8.30. The molecule has 0 saturated carbocycles. The smallest absolute Gasteiger partial charge is 0.237 e. The Bertz CT molecular complexity index is 488. The quantitative estimate of drug-likeness (QED) is 0.717. The Hall–Kier alpha value is -1.71. The lowest BCUT2D eigenvalue weighted by molar-refractivity contribution is -0.123. The van der Waals surface area contributed by atoms with Gasteiger partial charge in [-0.2, -0.15) is 0 Å². The summed E-state index contributed by atoms with van der Waals surface area (Å²) < 4.78 is 12.8. The lowest BCUT2D eigenvalue weighted by Gasteiger charge is -2.24. The van der Waals surface area contributed by atoms with Gasteiger partial charge in [0.15, 0.2) is 0 Å². The zero-order chi connectivity index (χ0) is 13.5. The van der Waals surface area contributed by atoms with Gasteiger partial charge in [-0.1, -0.05) is 20.8 Å². The second-order valence-electron chi connectivity index (χ2n) is 5.67. The highest BCUT2D eigenvalue weighted by Crippen LogP contribution is 2.37. The van der Waals surface area contributed by atoms with Gasteiger partial charge in [0.05, 0.1) is 11.6 Å². The fourth-order valence-electron chi connectivity index (χ4n) is 2.17.